The molecule has 18 heavy (non-hydrogen) atoms. The Balaban J connectivity index is 1.95. The second kappa shape index (κ2) is 4.21. The zero-order valence-electron chi connectivity index (χ0n) is 9.98. The maximum atomic E-state index is 13.5. The Morgan fingerprint density at radius 2 is 2.28 bits per heavy atom. The first-order chi connectivity index (χ1) is 8.65. The van der Waals surface area contributed by atoms with Crippen molar-refractivity contribution in [3.63, 3.8) is 0 Å². The minimum Gasteiger partial charge on any atom is -0.450 e. The third-order valence-electron chi connectivity index (χ3n) is 3.31. The van der Waals surface area contributed by atoms with E-state index in [1.165, 1.54) is 6.07 Å². The molecule has 0 spiro atoms. The lowest BCUT2D eigenvalue weighted by atomic mass is 9.99. The fraction of sp³-hybridized carbons (Fsp3) is 0.357. The number of fused-ring (bicyclic) bond motifs is 1. The van der Waals surface area contributed by atoms with Crippen LogP contribution in [0, 0.1) is 11.7 Å². The van der Waals surface area contributed by atoms with E-state index in [0.29, 0.717) is 18.4 Å². The van der Waals surface area contributed by atoms with Gasteiger partial charge in [0.15, 0.2) is 17.2 Å². The molecule has 1 aromatic carbocycles. The number of hydrogen-bond acceptors (Lipinski definition) is 3. The molecule has 1 fully saturated rings. The number of Topliss-reactive ketones (excluding diaryl/α,β-unsaturated/α-hetero) is 1. The quantitative estimate of drug-likeness (QED) is 0.766. The third-order valence-corrected chi connectivity index (χ3v) is 3.31. The molecule has 2 aromatic rings. The molecule has 0 bridgehead atoms. The van der Waals surface area contributed by atoms with Gasteiger partial charge >= 0.3 is 0 Å². The molecule has 0 radical (unpaired) electrons. The number of carbonyl (C=O) groups excluding carboxylic acids is 1. The van der Waals surface area contributed by atoms with Crippen molar-refractivity contribution in [1.29, 1.82) is 0 Å². The van der Waals surface area contributed by atoms with Crippen molar-refractivity contribution in [3.8, 4) is 0 Å². The number of carbonyl (C=O) groups is 1. The highest BCUT2D eigenvalue weighted by Gasteiger charge is 2.31. The van der Waals surface area contributed by atoms with Crippen LogP contribution in [0.1, 0.15) is 23.9 Å². The van der Waals surface area contributed by atoms with Gasteiger partial charge in [-0.1, -0.05) is 12.1 Å². The normalized spacial score (nSPS) is 23.7. The molecule has 1 aliphatic rings. The molecule has 2 unspecified atom stereocenters. The van der Waals surface area contributed by atoms with E-state index >= 15 is 0 Å². The van der Waals surface area contributed by atoms with E-state index in [1.54, 1.807) is 18.2 Å². The molecule has 3 rings (SSSR count). The van der Waals surface area contributed by atoms with Crippen molar-refractivity contribution in [2.75, 3.05) is 6.61 Å². The van der Waals surface area contributed by atoms with Gasteiger partial charge in [-0.05, 0) is 25.5 Å². The van der Waals surface area contributed by atoms with E-state index in [-0.39, 0.29) is 29.1 Å². The van der Waals surface area contributed by atoms with Gasteiger partial charge in [0.05, 0.1) is 18.6 Å². The Bertz CT molecular complexity index is 602. The van der Waals surface area contributed by atoms with Gasteiger partial charge in [0.2, 0.25) is 5.78 Å². The number of para-hydroxylation sites is 1. The van der Waals surface area contributed by atoms with E-state index in [4.69, 9.17) is 9.15 Å². The third kappa shape index (κ3) is 1.82. The highest BCUT2D eigenvalue weighted by molar-refractivity contribution is 5.99. The van der Waals surface area contributed by atoms with Crippen LogP contribution in [0.5, 0.6) is 0 Å². The molecule has 3 nitrogen and oxygen atoms in total. The molecular formula is C14H13FO3. The maximum absolute atomic E-state index is 13.5. The summed E-state index contributed by atoms with van der Waals surface area (Å²) in [6, 6.07) is 6.25. The summed E-state index contributed by atoms with van der Waals surface area (Å²) in [5, 5.41) is 0.616. The largest absolute Gasteiger partial charge is 0.450 e. The summed E-state index contributed by atoms with van der Waals surface area (Å²) in [4.78, 5) is 12.2. The molecule has 0 aliphatic carbocycles. The summed E-state index contributed by atoms with van der Waals surface area (Å²) in [6.45, 7) is 2.35. The lowest BCUT2D eigenvalue weighted by molar-refractivity contribution is 0.0853. The standard InChI is InChI=1S/C14H13FO3/c1-8-5-10(7-17-8)13(16)12-6-9-3-2-4-11(15)14(9)18-12/h2-4,6,8,10H,5,7H2,1H3. The van der Waals surface area contributed by atoms with Crippen LogP contribution < -0.4 is 0 Å². The molecular weight excluding hydrogens is 235 g/mol. The molecule has 1 aromatic heterocycles. The van der Waals surface area contributed by atoms with Crippen LogP contribution in [-0.4, -0.2) is 18.5 Å². The summed E-state index contributed by atoms with van der Waals surface area (Å²) in [5.74, 6) is -0.501. The number of halogens is 1. The van der Waals surface area contributed by atoms with E-state index in [1.807, 2.05) is 6.92 Å². The summed E-state index contributed by atoms with van der Waals surface area (Å²) in [7, 11) is 0. The van der Waals surface area contributed by atoms with Gasteiger partial charge in [-0.3, -0.25) is 4.79 Å². The number of benzene rings is 1. The second-order valence-electron chi connectivity index (χ2n) is 4.71. The Kier molecular flexibility index (Phi) is 2.67. The first-order valence-corrected chi connectivity index (χ1v) is 5.99. The first-order valence-electron chi connectivity index (χ1n) is 5.99. The van der Waals surface area contributed by atoms with Crippen LogP contribution in [0.3, 0.4) is 0 Å². The topological polar surface area (TPSA) is 39.4 Å². The number of furan rings is 1. The SMILES string of the molecule is CC1CC(C(=O)c2cc3cccc(F)c3o2)CO1. The molecule has 0 saturated carbocycles. The van der Waals surface area contributed by atoms with Gasteiger partial charge in [-0.2, -0.15) is 0 Å². The molecule has 0 amide bonds. The lowest BCUT2D eigenvalue weighted by Crippen LogP contribution is -2.13. The number of ether oxygens (including phenoxy) is 1. The summed E-state index contributed by atoms with van der Waals surface area (Å²) < 4.78 is 24.2. The average molecular weight is 248 g/mol. The summed E-state index contributed by atoms with van der Waals surface area (Å²) >= 11 is 0. The molecule has 2 atom stereocenters. The molecule has 94 valence electrons. The molecule has 2 heterocycles. The second-order valence-corrected chi connectivity index (χ2v) is 4.71. The average Bonchev–Trinajstić information content (AvgIpc) is 2.95. The van der Waals surface area contributed by atoms with E-state index in [9.17, 15) is 9.18 Å². The van der Waals surface area contributed by atoms with Crippen LogP contribution in [0.15, 0.2) is 28.7 Å². The van der Waals surface area contributed by atoms with Gasteiger partial charge in [0.1, 0.15) is 0 Å². The number of ketones is 1. The first kappa shape index (κ1) is 11.4. The molecule has 1 aliphatic heterocycles. The maximum Gasteiger partial charge on any atom is 0.203 e. The monoisotopic (exact) mass is 248 g/mol. The van der Waals surface area contributed by atoms with Crippen LogP contribution in [0.2, 0.25) is 0 Å². The van der Waals surface area contributed by atoms with Gasteiger partial charge < -0.3 is 9.15 Å². The van der Waals surface area contributed by atoms with Crippen molar-refractivity contribution >= 4 is 16.8 Å². The number of hydrogen-bond donors (Lipinski definition) is 0. The van der Waals surface area contributed by atoms with Crippen molar-refractivity contribution < 1.29 is 18.3 Å². The lowest BCUT2D eigenvalue weighted by Gasteiger charge is -2.02. The van der Waals surface area contributed by atoms with Crippen molar-refractivity contribution in [1.82, 2.24) is 0 Å². The molecule has 1 saturated heterocycles. The van der Waals surface area contributed by atoms with E-state index in [0.717, 1.165) is 0 Å². The van der Waals surface area contributed by atoms with Gasteiger partial charge in [-0.15, -0.1) is 0 Å². The predicted molar refractivity (Wildman–Crippen MR) is 64.0 cm³/mol. The zero-order valence-corrected chi connectivity index (χ0v) is 9.98. The van der Waals surface area contributed by atoms with Crippen LogP contribution in [0.4, 0.5) is 4.39 Å². The number of rotatable bonds is 2. The highest BCUT2D eigenvalue weighted by Crippen LogP contribution is 2.27. The Labute approximate surface area is 104 Å². The fourth-order valence-electron chi connectivity index (χ4n) is 2.35. The van der Waals surface area contributed by atoms with Crippen molar-refractivity contribution in [2.45, 2.75) is 19.4 Å². The Morgan fingerprint density at radius 1 is 1.44 bits per heavy atom. The summed E-state index contributed by atoms with van der Waals surface area (Å²) in [6.07, 6.45) is 0.790. The zero-order chi connectivity index (χ0) is 12.7. The van der Waals surface area contributed by atoms with Crippen LogP contribution in [-0.2, 0) is 4.74 Å². The smallest absolute Gasteiger partial charge is 0.203 e. The van der Waals surface area contributed by atoms with Gasteiger partial charge in [-0.25, -0.2) is 4.39 Å². The van der Waals surface area contributed by atoms with Crippen molar-refractivity contribution in [3.05, 3.63) is 35.8 Å². The van der Waals surface area contributed by atoms with Crippen LogP contribution in [0.25, 0.3) is 11.0 Å². The molecule has 4 heteroatoms. The minimum absolute atomic E-state index is 0.0973. The van der Waals surface area contributed by atoms with Crippen LogP contribution >= 0.6 is 0 Å². The van der Waals surface area contributed by atoms with E-state index < -0.39 is 5.82 Å². The Hall–Kier alpha value is -1.68. The fourth-order valence-corrected chi connectivity index (χ4v) is 2.35. The minimum atomic E-state index is -0.442. The predicted octanol–water partition coefficient (Wildman–Crippen LogP) is 3.18. The van der Waals surface area contributed by atoms with E-state index in [2.05, 4.69) is 0 Å². The van der Waals surface area contributed by atoms with Gasteiger partial charge in [0, 0.05) is 5.39 Å². The summed E-state index contributed by atoms with van der Waals surface area (Å²) in [5.41, 5.74) is 0.146. The molecule has 0 N–H and O–H groups in total. The Morgan fingerprint density at radius 3 is 2.94 bits per heavy atom. The van der Waals surface area contributed by atoms with Crippen molar-refractivity contribution in [2.24, 2.45) is 5.92 Å². The van der Waals surface area contributed by atoms with Gasteiger partial charge in [0.25, 0.3) is 0 Å². The highest BCUT2D eigenvalue weighted by atomic mass is 19.1.